The van der Waals surface area contributed by atoms with Crippen LogP contribution < -0.4 is 16.4 Å². The molecule has 4 nitrogen and oxygen atoms in total. The maximum Gasteiger partial charge on any atom is 0.250 e. The van der Waals surface area contributed by atoms with E-state index in [0.29, 0.717) is 22.0 Å². The Morgan fingerprint density at radius 3 is 2.50 bits per heavy atom. The van der Waals surface area contributed by atoms with Crippen molar-refractivity contribution in [2.75, 3.05) is 17.2 Å². The highest BCUT2D eigenvalue weighted by atomic mass is 35.5. The molecule has 100 valence electrons. The third kappa shape index (κ3) is 3.07. The predicted octanol–water partition coefficient (Wildman–Crippen LogP) is 2.65. The number of primary amides is 1. The molecule has 1 aromatic rings. The average Bonchev–Trinajstić information content (AvgIpc) is 2.25. The lowest BCUT2D eigenvalue weighted by Crippen LogP contribution is -2.33. The fraction of sp³-hybridized carbons (Fsp3) is 0.462. The van der Waals surface area contributed by atoms with E-state index in [4.69, 9.17) is 23.1 Å². The first kappa shape index (κ1) is 14.6. The molecule has 0 aliphatic rings. The van der Waals surface area contributed by atoms with Gasteiger partial charge in [-0.05, 0) is 32.4 Å². The van der Waals surface area contributed by atoms with Crippen LogP contribution in [0.25, 0.3) is 0 Å². The molecule has 0 bridgehead atoms. The van der Waals surface area contributed by atoms with Crippen LogP contribution >= 0.6 is 11.6 Å². The summed E-state index contributed by atoms with van der Waals surface area (Å²) in [5.74, 6) is -0.513. The summed E-state index contributed by atoms with van der Waals surface area (Å²) >= 11 is 6.22. The first-order chi connectivity index (χ1) is 8.38. The summed E-state index contributed by atoms with van der Waals surface area (Å²) in [5, 5.41) is 0.464. The molecule has 0 spiro atoms. The maximum absolute atomic E-state index is 11.5. The molecule has 0 unspecified atom stereocenters. The van der Waals surface area contributed by atoms with Gasteiger partial charge in [0, 0.05) is 18.3 Å². The number of nitrogen functional groups attached to an aromatic ring is 1. The highest BCUT2D eigenvalue weighted by Crippen LogP contribution is 2.33. The Balaban J connectivity index is 3.40. The second-order valence-corrected chi connectivity index (χ2v) is 4.96. The second kappa shape index (κ2) is 5.96. The van der Waals surface area contributed by atoms with E-state index >= 15 is 0 Å². The molecule has 1 rings (SSSR count). The van der Waals surface area contributed by atoms with E-state index in [1.165, 1.54) is 0 Å². The van der Waals surface area contributed by atoms with Gasteiger partial charge in [0.05, 0.1) is 16.3 Å². The molecule has 0 fully saturated rings. The Labute approximate surface area is 113 Å². The number of rotatable bonds is 5. The van der Waals surface area contributed by atoms with Gasteiger partial charge in [0.15, 0.2) is 0 Å². The van der Waals surface area contributed by atoms with Crippen molar-refractivity contribution in [3.63, 3.8) is 0 Å². The van der Waals surface area contributed by atoms with E-state index in [-0.39, 0.29) is 6.04 Å². The van der Waals surface area contributed by atoms with Gasteiger partial charge in [-0.2, -0.15) is 0 Å². The Hall–Kier alpha value is -1.42. The van der Waals surface area contributed by atoms with Crippen molar-refractivity contribution >= 4 is 28.9 Å². The summed E-state index contributed by atoms with van der Waals surface area (Å²) < 4.78 is 0. The summed E-state index contributed by atoms with van der Waals surface area (Å²) in [5.41, 5.74) is 12.6. The molecule has 0 aromatic heterocycles. The van der Waals surface area contributed by atoms with Crippen LogP contribution in [0.2, 0.25) is 5.02 Å². The second-order valence-electron chi connectivity index (χ2n) is 4.55. The first-order valence-corrected chi connectivity index (χ1v) is 6.41. The number of benzene rings is 1. The number of nitrogens with zero attached hydrogens (tertiary/aromatic N) is 1. The molecule has 0 atom stereocenters. The Kier molecular flexibility index (Phi) is 4.84. The highest BCUT2D eigenvalue weighted by molar-refractivity contribution is 6.34. The summed E-state index contributed by atoms with van der Waals surface area (Å²) in [6, 6.07) is 3.45. The molecule has 0 saturated heterocycles. The zero-order chi connectivity index (χ0) is 13.9. The fourth-order valence-corrected chi connectivity index (χ4v) is 2.31. The number of carbonyl (C=O) groups excluding carboxylic acids is 1. The highest BCUT2D eigenvalue weighted by Gasteiger charge is 2.20. The summed E-state index contributed by atoms with van der Waals surface area (Å²) in [4.78, 5) is 13.6. The largest absolute Gasteiger partial charge is 0.399 e. The molecule has 0 radical (unpaired) electrons. The van der Waals surface area contributed by atoms with Crippen molar-refractivity contribution in [2.45, 2.75) is 33.2 Å². The fourth-order valence-electron chi connectivity index (χ4n) is 1.97. The summed E-state index contributed by atoms with van der Waals surface area (Å²) in [7, 11) is 0. The van der Waals surface area contributed by atoms with Crippen LogP contribution in [0.1, 0.15) is 37.6 Å². The van der Waals surface area contributed by atoms with Crippen LogP contribution in [0.15, 0.2) is 12.1 Å². The molecule has 1 aromatic carbocycles. The molecule has 18 heavy (non-hydrogen) atoms. The van der Waals surface area contributed by atoms with E-state index in [2.05, 4.69) is 11.8 Å². The molecule has 1 amide bonds. The SMILES string of the molecule is CCCN(c1c(Cl)cc(N)cc1C(N)=O)C(C)C. The zero-order valence-electron chi connectivity index (χ0n) is 11.0. The number of amides is 1. The number of hydrogen-bond acceptors (Lipinski definition) is 3. The van der Waals surface area contributed by atoms with Crippen LogP contribution in [-0.2, 0) is 0 Å². The lowest BCUT2D eigenvalue weighted by molar-refractivity contribution is 0.100. The molecule has 0 aliphatic carbocycles. The van der Waals surface area contributed by atoms with Crippen molar-refractivity contribution in [1.29, 1.82) is 0 Å². The minimum Gasteiger partial charge on any atom is -0.399 e. The molecule has 5 heteroatoms. The number of hydrogen-bond donors (Lipinski definition) is 2. The maximum atomic E-state index is 11.5. The van der Waals surface area contributed by atoms with Crippen molar-refractivity contribution in [1.82, 2.24) is 0 Å². The van der Waals surface area contributed by atoms with Crippen LogP contribution in [0.5, 0.6) is 0 Å². The third-order valence-corrected chi connectivity index (χ3v) is 3.01. The van der Waals surface area contributed by atoms with Gasteiger partial charge in [0.25, 0.3) is 5.91 Å². The quantitative estimate of drug-likeness (QED) is 0.807. The normalized spacial score (nSPS) is 10.7. The minimum atomic E-state index is -0.513. The molecule has 0 heterocycles. The molecular formula is C13H20ClN3O. The average molecular weight is 270 g/mol. The van der Waals surface area contributed by atoms with E-state index in [1.807, 2.05) is 13.8 Å². The number of carbonyl (C=O) groups is 1. The monoisotopic (exact) mass is 269 g/mol. The van der Waals surface area contributed by atoms with Gasteiger partial charge >= 0.3 is 0 Å². The van der Waals surface area contributed by atoms with Gasteiger partial charge in [-0.15, -0.1) is 0 Å². The lowest BCUT2D eigenvalue weighted by atomic mass is 10.1. The van der Waals surface area contributed by atoms with E-state index in [1.54, 1.807) is 12.1 Å². The van der Waals surface area contributed by atoms with Gasteiger partial charge in [-0.25, -0.2) is 0 Å². The molecule has 4 N–H and O–H groups in total. The minimum absolute atomic E-state index is 0.226. The van der Waals surface area contributed by atoms with Crippen molar-refractivity contribution in [3.05, 3.63) is 22.7 Å². The van der Waals surface area contributed by atoms with E-state index in [0.717, 1.165) is 13.0 Å². The van der Waals surface area contributed by atoms with Gasteiger partial charge < -0.3 is 16.4 Å². The van der Waals surface area contributed by atoms with Gasteiger partial charge in [-0.1, -0.05) is 18.5 Å². The molecular weight excluding hydrogens is 250 g/mol. The van der Waals surface area contributed by atoms with Crippen molar-refractivity contribution in [2.24, 2.45) is 5.73 Å². The molecule has 0 saturated carbocycles. The standard InChI is InChI=1S/C13H20ClN3O/c1-4-5-17(8(2)3)12-10(13(16)18)6-9(15)7-11(12)14/h6-8H,4-5,15H2,1-3H3,(H2,16,18). The topological polar surface area (TPSA) is 72.3 Å². The van der Waals surface area contributed by atoms with Crippen LogP contribution in [0, 0.1) is 0 Å². The van der Waals surface area contributed by atoms with Crippen LogP contribution in [0.3, 0.4) is 0 Å². The smallest absolute Gasteiger partial charge is 0.250 e. The Morgan fingerprint density at radius 1 is 1.44 bits per heavy atom. The van der Waals surface area contributed by atoms with Crippen LogP contribution in [0.4, 0.5) is 11.4 Å². The van der Waals surface area contributed by atoms with E-state index in [9.17, 15) is 4.79 Å². The summed E-state index contributed by atoms with van der Waals surface area (Å²) in [6.45, 7) is 6.98. The lowest BCUT2D eigenvalue weighted by Gasteiger charge is -2.31. The van der Waals surface area contributed by atoms with Crippen molar-refractivity contribution in [3.8, 4) is 0 Å². The molecule has 0 aliphatic heterocycles. The summed E-state index contributed by atoms with van der Waals surface area (Å²) in [6.07, 6.45) is 0.955. The van der Waals surface area contributed by atoms with E-state index < -0.39 is 5.91 Å². The first-order valence-electron chi connectivity index (χ1n) is 6.03. The van der Waals surface area contributed by atoms with Crippen molar-refractivity contribution < 1.29 is 4.79 Å². The van der Waals surface area contributed by atoms with Gasteiger partial charge in [-0.3, -0.25) is 4.79 Å². The number of anilines is 2. The third-order valence-electron chi connectivity index (χ3n) is 2.73. The van der Waals surface area contributed by atoms with Gasteiger partial charge in [0.1, 0.15) is 0 Å². The number of nitrogens with two attached hydrogens (primary N) is 2. The van der Waals surface area contributed by atoms with Crippen LogP contribution in [-0.4, -0.2) is 18.5 Å². The Bertz CT molecular complexity index is 446. The zero-order valence-corrected chi connectivity index (χ0v) is 11.8. The Morgan fingerprint density at radius 2 is 2.06 bits per heavy atom. The predicted molar refractivity (Wildman–Crippen MR) is 77.2 cm³/mol. The number of halogens is 1. The van der Waals surface area contributed by atoms with Gasteiger partial charge in [0.2, 0.25) is 0 Å².